The average molecular weight is 446 g/mol. The minimum absolute atomic E-state index is 0.220. The van der Waals surface area contributed by atoms with Gasteiger partial charge in [-0.3, -0.25) is 14.8 Å². The van der Waals surface area contributed by atoms with Gasteiger partial charge in [-0.2, -0.15) is 0 Å². The Morgan fingerprint density at radius 1 is 0.879 bits per heavy atom. The number of piperazine rings is 1. The van der Waals surface area contributed by atoms with Gasteiger partial charge in [-0.1, -0.05) is 30.3 Å². The first kappa shape index (κ1) is 22.8. The summed E-state index contributed by atoms with van der Waals surface area (Å²) in [7, 11) is 1.64. The molecule has 7 heteroatoms. The highest BCUT2D eigenvalue weighted by Crippen LogP contribution is 2.14. The second-order valence-electron chi connectivity index (χ2n) is 8.23. The van der Waals surface area contributed by atoms with Gasteiger partial charge < -0.3 is 15.4 Å². The zero-order valence-electron chi connectivity index (χ0n) is 19.0. The van der Waals surface area contributed by atoms with E-state index in [1.54, 1.807) is 7.11 Å². The second-order valence-corrected chi connectivity index (χ2v) is 8.23. The van der Waals surface area contributed by atoms with Gasteiger partial charge in [0.15, 0.2) is 0 Å². The molecule has 2 N–H and O–H groups in total. The molecule has 1 aromatic heterocycles. The maximum absolute atomic E-state index is 12.2. The van der Waals surface area contributed by atoms with E-state index in [0.717, 1.165) is 62.0 Å². The van der Waals surface area contributed by atoms with Crippen molar-refractivity contribution in [3.8, 4) is 5.75 Å². The maximum atomic E-state index is 12.2. The first-order valence-corrected chi connectivity index (χ1v) is 11.3. The third-order valence-electron chi connectivity index (χ3n) is 5.81. The number of benzene rings is 2. The number of nitrogens with one attached hydrogen (secondary N) is 2. The molecule has 2 aromatic carbocycles. The number of ether oxygens (including phenoxy) is 1. The number of nitrogens with zero attached hydrogens (tertiary/aromatic N) is 3. The van der Waals surface area contributed by atoms with E-state index in [-0.39, 0.29) is 6.03 Å². The number of amides is 2. The number of carbonyl (C=O) groups is 1. The normalized spacial score (nSPS) is 14.6. The Kier molecular flexibility index (Phi) is 7.90. The number of hydrogen-bond donors (Lipinski definition) is 2. The van der Waals surface area contributed by atoms with Gasteiger partial charge in [-0.15, -0.1) is 0 Å². The molecular weight excluding hydrogens is 414 g/mol. The number of pyridine rings is 1. The number of methoxy groups -OCH3 is 1. The van der Waals surface area contributed by atoms with Crippen LogP contribution in [0.3, 0.4) is 0 Å². The van der Waals surface area contributed by atoms with Crippen molar-refractivity contribution in [2.75, 3.05) is 38.6 Å². The van der Waals surface area contributed by atoms with Crippen LogP contribution in [0.4, 0.5) is 10.5 Å². The fourth-order valence-corrected chi connectivity index (χ4v) is 3.88. The summed E-state index contributed by atoms with van der Waals surface area (Å²) in [4.78, 5) is 21.6. The Morgan fingerprint density at radius 3 is 2.18 bits per heavy atom. The van der Waals surface area contributed by atoms with Crippen molar-refractivity contribution >= 4 is 11.7 Å². The predicted octanol–water partition coefficient (Wildman–Crippen LogP) is 3.73. The van der Waals surface area contributed by atoms with Crippen molar-refractivity contribution < 1.29 is 9.53 Å². The van der Waals surface area contributed by atoms with Crippen LogP contribution in [0.25, 0.3) is 0 Å². The van der Waals surface area contributed by atoms with Gasteiger partial charge in [0.25, 0.3) is 0 Å². The molecule has 0 saturated carbocycles. The minimum atomic E-state index is -0.220. The molecule has 0 aliphatic carbocycles. The molecular formula is C26H31N5O2. The number of anilines is 1. The average Bonchev–Trinajstić information content (AvgIpc) is 2.86. The van der Waals surface area contributed by atoms with Crippen molar-refractivity contribution in [1.29, 1.82) is 0 Å². The van der Waals surface area contributed by atoms with E-state index in [0.29, 0.717) is 6.54 Å². The van der Waals surface area contributed by atoms with E-state index < -0.39 is 0 Å². The Balaban J connectivity index is 1.18. The van der Waals surface area contributed by atoms with Crippen LogP contribution in [0, 0.1) is 0 Å². The molecule has 0 radical (unpaired) electrons. The summed E-state index contributed by atoms with van der Waals surface area (Å²) in [5, 5.41) is 5.77. The van der Waals surface area contributed by atoms with Crippen LogP contribution in [0.5, 0.6) is 5.75 Å². The molecule has 172 valence electrons. The molecule has 0 bridgehead atoms. The third kappa shape index (κ3) is 7.03. The summed E-state index contributed by atoms with van der Waals surface area (Å²) in [6.45, 7) is 6.47. The highest BCUT2D eigenvalue weighted by molar-refractivity contribution is 5.89. The highest BCUT2D eigenvalue weighted by Gasteiger charge is 2.17. The van der Waals surface area contributed by atoms with Crippen LogP contribution in [0.2, 0.25) is 0 Å². The molecule has 1 aliphatic rings. The quantitative estimate of drug-likeness (QED) is 0.553. The molecule has 1 saturated heterocycles. The molecule has 4 rings (SSSR count). The van der Waals surface area contributed by atoms with E-state index in [2.05, 4.69) is 43.6 Å². The topological polar surface area (TPSA) is 69.7 Å². The SMILES string of the molecule is COc1ccc(CNC(=O)Nc2ccc(CN3CCN(Cc4ccccn4)CC3)cc2)cc1. The molecule has 7 nitrogen and oxygen atoms in total. The number of urea groups is 1. The van der Waals surface area contributed by atoms with Crippen molar-refractivity contribution in [2.24, 2.45) is 0 Å². The van der Waals surface area contributed by atoms with E-state index in [1.807, 2.05) is 54.7 Å². The Morgan fingerprint density at radius 2 is 1.55 bits per heavy atom. The lowest BCUT2D eigenvalue weighted by atomic mass is 10.1. The Labute approximate surface area is 195 Å². The minimum Gasteiger partial charge on any atom is -0.497 e. The summed E-state index contributed by atoms with van der Waals surface area (Å²) < 4.78 is 5.15. The van der Waals surface area contributed by atoms with Gasteiger partial charge in [0.2, 0.25) is 0 Å². The fraction of sp³-hybridized carbons (Fsp3) is 0.308. The Hall–Kier alpha value is -3.42. The molecule has 0 unspecified atom stereocenters. The molecule has 1 aliphatic heterocycles. The number of hydrogen-bond acceptors (Lipinski definition) is 5. The molecule has 33 heavy (non-hydrogen) atoms. The Bertz CT molecular complexity index is 1000. The molecule has 3 aromatic rings. The smallest absolute Gasteiger partial charge is 0.319 e. The van der Waals surface area contributed by atoms with Crippen LogP contribution in [-0.2, 0) is 19.6 Å². The van der Waals surface area contributed by atoms with Crippen molar-refractivity contribution in [3.05, 3.63) is 89.7 Å². The molecule has 0 spiro atoms. The molecule has 2 amide bonds. The summed E-state index contributed by atoms with van der Waals surface area (Å²) in [5.74, 6) is 0.801. The summed E-state index contributed by atoms with van der Waals surface area (Å²) in [6, 6.07) is 21.6. The number of aromatic nitrogens is 1. The van der Waals surface area contributed by atoms with E-state index in [1.165, 1.54) is 5.56 Å². The van der Waals surface area contributed by atoms with Gasteiger partial charge in [0.05, 0.1) is 12.8 Å². The van der Waals surface area contributed by atoms with Crippen LogP contribution in [0.1, 0.15) is 16.8 Å². The van der Waals surface area contributed by atoms with Crippen LogP contribution in [0.15, 0.2) is 72.9 Å². The molecule has 1 fully saturated rings. The van der Waals surface area contributed by atoms with E-state index in [9.17, 15) is 4.79 Å². The zero-order chi connectivity index (χ0) is 22.9. The lowest BCUT2D eigenvalue weighted by Crippen LogP contribution is -2.45. The van der Waals surface area contributed by atoms with Crippen molar-refractivity contribution in [2.45, 2.75) is 19.6 Å². The summed E-state index contributed by atoms with van der Waals surface area (Å²) >= 11 is 0. The number of rotatable bonds is 8. The van der Waals surface area contributed by atoms with Gasteiger partial charge in [0.1, 0.15) is 5.75 Å². The third-order valence-corrected chi connectivity index (χ3v) is 5.81. The first-order chi connectivity index (χ1) is 16.2. The standard InChI is InChI=1S/C26H31N5O2/c1-33-25-11-7-21(8-12-25)18-28-26(32)29-23-9-5-22(6-10-23)19-30-14-16-31(17-15-30)20-24-4-2-3-13-27-24/h2-13H,14-20H2,1H3,(H2,28,29,32). The van der Waals surface area contributed by atoms with Gasteiger partial charge in [-0.05, 0) is 47.5 Å². The van der Waals surface area contributed by atoms with Crippen molar-refractivity contribution in [1.82, 2.24) is 20.1 Å². The predicted molar refractivity (Wildman–Crippen MR) is 130 cm³/mol. The van der Waals surface area contributed by atoms with Crippen LogP contribution < -0.4 is 15.4 Å². The lowest BCUT2D eigenvalue weighted by molar-refractivity contribution is 0.121. The maximum Gasteiger partial charge on any atom is 0.319 e. The van der Waals surface area contributed by atoms with Gasteiger partial charge in [0, 0.05) is 57.7 Å². The van der Waals surface area contributed by atoms with Crippen molar-refractivity contribution in [3.63, 3.8) is 0 Å². The van der Waals surface area contributed by atoms with E-state index in [4.69, 9.17) is 4.74 Å². The second kappa shape index (κ2) is 11.4. The van der Waals surface area contributed by atoms with Gasteiger partial charge >= 0.3 is 6.03 Å². The first-order valence-electron chi connectivity index (χ1n) is 11.3. The fourth-order valence-electron chi connectivity index (χ4n) is 3.88. The van der Waals surface area contributed by atoms with E-state index >= 15 is 0 Å². The zero-order valence-corrected chi connectivity index (χ0v) is 19.0. The molecule has 0 atom stereocenters. The summed E-state index contributed by atoms with van der Waals surface area (Å²) in [5.41, 5.74) is 4.17. The largest absolute Gasteiger partial charge is 0.497 e. The highest BCUT2D eigenvalue weighted by atomic mass is 16.5. The van der Waals surface area contributed by atoms with Crippen LogP contribution >= 0.6 is 0 Å². The van der Waals surface area contributed by atoms with Crippen LogP contribution in [-0.4, -0.2) is 54.1 Å². The lowest BCUT2D eigenvalue weighted by Gasteiger charge is -2.34. The summed E-state index contributed by atoms with van der Waals surface area (Å²) in [6.07, 6.45) is 1.86. The van der Waals surface area contributed by atoms with Gasteiger partial charge in [-0.25, -0.2) is 4.79 Å². The monoisotopic (exact) mass is 445 g/mol. The number of carbonyl (C=O) groups excluding carboxylic acids is 1. The molecule has 2 heterocycles.